The molecule has 0 amide bonds. The fourth-order valence-corrected chi connectivity index (χ4v) is 3.02. The predicted octanol–water partition coefficient (Wildman–Crippen LogP) is 2.11. The number of nitrogens with one attached hydrogen (secondary N) is 1. The Morgan fingerprint density at radius 1 is 1.04 bits per heavy atom. The molecule has 0 fully saturated rings. The maximum absolute atomic E-state index is 12.0. The van der Waals surface area contributed by atoms with E-state index in [0.29, 0.717) is 5.75 Å². The minimum absolute atomic E-state index is 0.0133. The number of carbonyl (C=O) groups excluding carboxylic acids is 1. The van der Waals surface area contributed by atoms with Crippen molar-refractivity contribution in [1.82, 2.24) is 4.72 Å². The first kappa shape index (κ1) is 19.4. The van der Waals surface area contributed by atoms with Gasteiger partial charge in [0.25, 0.3) is 0 Å². The van der Waals surface area contributed by atoms with Crippen LogP contribution in [0, 0.1) is 11.3 Å². The highest BCUT2D eigenvalue weighted by atomic mass is 32.2. The van der Waals surface area contributed by atoms with Gasteiger partial charge in [0.1, 0.15) is 19.0 Å². The van der Waals surface area contributed by atoms with Gasteiger partial charge in [0.15, 0.2) is 0 Å². The predicted molar refractivity (Wildman–Crippen MR) is 94.1 cm³/mol. The van der Waals surface area contributed by atoms with E-state index < -0.39 is 16.0 Å². The van der Waals surface area contributed by atoms with Crippen molar-refractivity contribution in [3.63, 3.8) is 0 Å². The van der Waals surface area contributed by atoms with Gasteiger partial charge in [-0.3, -0.25) is 0 Å². The molecule has 1 N–H and O–H groups in total. The van der Waals surface area contributed by atoms with Crippen LogP contribution in [0.3, 0.4) is 0 Å². The topological polar surface area (TPSA) is 105 Å². The van der Waals surface area contributed by atoms with E-state index in [0.717, 1.165) is 0 Å². The molecule has 0 saturated carbocycles. The Bertz CT molecular complexity index is 859. The van der Waals surface area contributed by atoms with Gasteiger partial charge in [0, 0.05) is 13.0 Å². The lowest BCUT2D eigenvalue weighted by Crippen LogP contribution is -2.24. The number of benzene rings is 2. The third-order valence-corrected chi connectivity index (χ3v) is 4.73. The SMILES string of the molecule is N#CCCNS(=O)(=O)c1ccc(C(=O)OCCOc2ccccc2)cc1. The van der Waals surface area contributed by atoms with Crippen LogP contribution in [0.25, 0.3) is 0 Å². The van der Waals surface area contributed by atoms with Gasteiger partial charge in [-0.05, 0) is 36.4 Å². The van der Waals surface area contributed by atoms with Gasteiger partial charge >= 0.3 is 5.97 Å². The number of ether oxygens (including phenoxy) is 2. The molecule has 136 valence electrons. The highest BCUT2D eigenvalue weighted by molar-refractivity contribution is 7.89. The van der Waals surface area contributed by atoms with E-state index in [1.165, 1.54) is 24.3 Å². The molecule has 0 unspecified atom stereocenters. The van der Waals surface area contributed by atoms with E-state index >= 15 is 0 Å². The zero-order valence-electron chi connectivity index (χ0n) is 13.9. The number of hydrogen-bond donors (Lipinski definition) is 1. The Morgan fingerprint density at radius 3 is 2.38 bits per heavy atom. The van der Waals surface area contributed by atoms with Crippen LogP contribution in [0.5, 0.6) is 5.75 Å². The van der Waals surface area contributed by atoms with Gasteiger partial charge in [-0.15, -0.1) is 0 Å². The Kier molecular flexibility index (Phi) is 7.14. The number of nitrogens with zero attached hydrogens (tertiary/aromatic N) is 1. The summed E-state index contributed by atoms with van der Waals surface area (Å²) in [5.74, 6) is 0.116. The van der Waals surface area contributed by atoms with Crippen molar-refractivity contribution in [2.45, 2.75) is 11.3 Å². The lowest BCUT2D eigenvalue weighted by atomic mass is 10.2. The van der Waals surface area contributed by atoms with Crippen LogP contribution in [0.4, 0.5) is 0 Å². The molecule has 0 spiro atoms. The normalized spacial score (nSPS) is 10.7. The van der Waals surface area contributed by atoms with Crippen molar-refractivity contribution in [3.8, 4) is 11.8 Å². The van der Waals surface area contributed by atoms with Crippen molar-refractivity contribution in [2.24, 2.45) is 0 Å². The van der Waals surface area contributed by atoms with E-state index in [-0.39, 0.29) is 36.6 Å². The van der Waals surface area contributed by atoms with Crippen molar-refractivity contribution >= 4 is 16.0 Å². The number of nitriles is 1. The Labute approximate surface area is 152 Å². The maximum Gasteiger partial charge on any atom is 0.338 e. The van der Waals surface area contributed by atoms with Gasteiger partial charge in [-0.2, -0.15) is 5.26 Å². The number of para-hydroxylation sites is 1. The van der Waals surface area contributed by atoms with Gasteiger partial charge < -0.3 is 9.47 Å². The highest BCUT2D eigenvalue weighted by Gasteiger charge is 2.14. The van der Waals surface area contributed by atoms with Crippen LogP contribution in [0.2, 0.25) is 0 Å². The number of carbonyl (C=O) groups is 1. The summed E-state index contributed by atoms with van der Waals surface area (Å²) in [7, 11) is -3.70. The minimum atomic E-state index is -3.70. The maximum atomic E-state index is 12.0. The van der Waals surface area contributed by atoms with Crippen molar-refractivity contribution in [3.05, 3.63) is 60.2 Å². The first-order valence-corrected chi connectivity index (χ1v) is 9.33. The molecule has 2 aromatic rings. The van der Waals surface area contributed by atoms with Crippen LogP contribution < -0.4 is 9.46 Å². The molecule has 2 aromatic carbocycles. The summed E-state index contributed by atoms with van der Waals surface area (Å²) in [6.07, 6.45) is 0.0781. The molecular weight excluding hydrogens is 356 g/mol. The van der Waals surface area contributed by atoms with Crippen LogP contribution in [-0.4, -0.2) is 34.1 Å². The van der Waals surface area contributed by atoms with Crippen molar-refractivity contribution < 1.29 is 22.7 Å². The van der Waals surface area contributed by atoms with Crippen LogP contribution in [0.1, 0.15) is 16.8 Å². The molecule has 2 rings (SSSR count). The molecular formula is C18H18N2O5S. The van der Waals surface area contributed by atoms with Gasteiger partial charge in [-0.1, -0.05) is 18.2 Å². The molecule has 0 heterocycles. The number of sulfonamides is 1. The molecule has 0 aliphatic carbocycles. The summed E-state index contributed by atoms with van der Waals surface area (Å²) in [5, 5.41) is 8.44. The van der Waals surface area contributed by atoms with E-state index in [1.807, 2.05) is 24.3 Å². The molecule has 7 nitrogen and oxygen atoms in total. The molecule has 0 aliphatic heterocycles. The van der Waals surface area contributed by atoms with E-state index in [1.54, 1.807) is 12.1 Å². The van der Waals surface area contributed by atoms with Crippen LogP contribution >= 0.6 is 0 Å². The van der Waals surface area contributed by atoms with Crippen LogP contribution in [0.15, 0.2) is 59.5 Å². The van der Waals surface area contributed by atoms with Gasteiger partial charge in [0.05, 0.1) is 16.5 Å². The largest absolute Gasteiger partial charge is 0.490 e. The standard InChI is InChI=1S/C18H18N2O5S/c19-11-4-12-20-26(22,23)17-9-7-15(8-10-17)18(21)25-14-13-24-16-5-2-1-3-6-16/h1-3,5-10,20H,4,12-14H2. The van der Waals surface area contributed by atoms with Gasteiger partial charge in [0.2, 0.25) is 10.0 Å². The second-order valence-corrected chi connectivity index (χ2v) is 6.89. The van der Waals surface area contributed by atoms with E-state index in [2.05, 4.69) is 4.72 Å². The first-order chi connectivity index (χ1) is 12.5. The first-order valence-electron chi connectivity index (χ1n) is 7.84. The zero-order chi connectivity index (χ0) is 18.8. The number of hydrogen-bond acceptors (Lipinski definition) is 6. The second kappa shape index (κ2) is 9.56. The summed E-state index contributed by atoms with van der Waals surface area (Å²) in [4.78, 5) is 12.0. The Balaban J connectivity index is 1.83. The average molecular weight is 374 g/mol. The lowest BCUT2D eigenvalue weighted by Gasteiger charge is -2.08. The summed E-state index contributed by atoms with van der Waals surface area (Å²) >= 11 is 0. The molecule has 0 saturated heterocycles. The molecule has 0 aliphatic rings. The fraction of sp³-hybridized carbons (Fsp3) is 0.222. The summed E-state index contributed by atoms with van der Waals surface area (Å²) in [6, 6.07) is 16.4. The molecule has 8 heteroatoms. The summed E-state index contributed by atoms with van der Waals surface area (Å²) < 4.78 is 36.8. The number of esters is 1. The third kappa shape index (κ3) is 5.88. The Hall–Kier alpha value is -2.89. The quantitative estimate of drug-likeness (QED) is 0.532. The lowest BCUT2D eigenvalue weighted by molar-refractivity contribution is 0.0450. The molecule has 0 radical (unpaired) electrons. The monoisotopic (exact) mass is 374 g/mol. The Morgan fingerprint density at radius 2 is 1.73 bits per heavy atom. The van der Waals surface area contributed by atoms with Crippen LogP contribution in [-0.2, 0) is 14.8 Å². The van der Waals surface area contributed by atoms with Crippen molar-refractivity contribution in [2.75, 3.05) is 19.8 Å². The van der Waals surface area contributed by atoms with Crippen molar-refractivity contribution in [1.29, 1.82) is 5.26 Å². The molecule has 0 bridgehead atoms. The summed E-state index contributed by atoms with van der Waals surface area (Å²) in [6.45, 7) is 0.318. The molecule has 0 atom stereocenters. The smallest absolute Gasteiger partial charge is 0.338 e. The second-order valence-electron chi connectivity index (χ2n) is 5.13. The zero-order valence-corrected chi connectivity index (χ0v) is 14.7. The molecule has 26 heavy (non-hydrogen) atoms. The highest BCUT2D eigenvalue weighted by Crippen LogP contribution is 2.12. The fourth-order valence-electron chi connectivity index (χ4n) is 1.99. The summed E-state index contributed by atoms with van der Waals surface area (Å²) in [5.41, 5.74) is 0.237. The van der Waals surface area contributed by atoms with Gasteiger partial charge in [-0.25, -0.2) is 17.9 Å². The number of rotatable bonds is 9. The average Bonchev–Trinajstić information content (AvgIpc) is 2.66. The van der Waals surface area contributed by atoms with E-state index in [9.17, 15) is 13.2 Å². The van der Waals surface area contributed by atoms with E-state index in [4.69, 9.17) is 14.7 Å². The third-order valence-electron chi connectivity index (χ3n) is 3.26. The molecule has 0 aromatic heterocycles. The minimum Gasteiger partial charge on any atom is -0.490 e.